The van der Waals surface area contributed by atoms with Crippen LogP contribution in [0.3, 0.4) is 0 Å². The molecule has 1 aromatic heterocycles. The summed E-state index contributed by atoms with van der Waals surface area (Å²) in [5.74, 6) is 1.62. The number of benzene rings is 1. The van der Waals surface area contributed by atoms with Crippen molar-refractivity contribution in [1.82, 2.24) is 10.3 Å². The van der Waals surface area contributed by atoms with Crippen molar-refractivity contribution in [2.75, 3.05) is 0 Å². The standard InChI is InChI=1S/C16H17ClN2O/c1-11-8-12(17)2-5-16(11)20-15-6-7-18-14(9-15)10-19-13-3-4-13/h2,5-9,13,19H,3-4,10H2,1H3. The van der Waals surface area contributed by atoms with Gasteiger partial charge in [-0.25, -0.2) is 0 Å². The highest BCUT2D eigenvalue weighted by Crippen LogP contribution is 2.27. The normalized spacial score (nSPS) is 14.3. The first kappa shape index (κ1) is 13.4. The molecule has 1 aliphatic carbocycles. The van der Waals surface area contributed by atoms with Crippen LogP contribution in [0.1, 0.15) is 24.1 Å². The van der Waals surface area contributed by atoms with E-state index in [-0.39, 0.29) is 0 Å². The number of rotatable bonds is 5. The largest absolute Gasteiger partial charge is 0.457 e. The van der Waals surface area contributed by atoms with Crippen molar-refractivity contribution < 1.29 is 4.74 Å². The van der Waals surface area contributed by atoms with Crippen LogP contribution in [0.2, 0.25) is 5.02 Å². The van der Waals surface area contributed by atoms with Gasteiger partial charge in [-0.05, 0) is 49.6 Å². The van der Waals surface area contributed by atoms with Gasteiger partial charge in [-0.15, -0.1) is 0 Å². The first-order valence-electron chi connectivity index (χ1n) is 6.83. The van der Waals surface area contributed by atoms with Gasteiger partial charge in [0.2, 0.25) is 0 Å². The maximum absolute atomic E-state index is 5.95. The van der Waals surface area contributed by atoms with Crippen LogP contribution in [0, 0.1) is 6.92 Å². The fourth-order valence-electron chi connectivity index (χ4n) is 2.01. The van der Waals surface area contributed by atoms with Crippen LogP contribution in [-0.4, -0.2) is 11.0 Å². The molecule has 0 atom stereocenters. The Bertz CT molecular complexity index is 611. The molecule has 0 radical (unpaired) electrons. The summed E-state index contributed by atoms with van der Waals surface area (Å²) in [4.78, 5) is 4.35. The van der Waals surface area contributed by atoms with Gasteiger partial charge in [0.25, 0.3) is 0 Å². The van der Waals surface area contributed by atoms with Gasteiger partial charge in [0.1, 0.15) is 11.5 Å². The van der Waals surface area contributed by atoms with Crippen LogP contribution in [0.15, 0.2) is 36.5 Å². The fourth-order valence-corrected chi connectivity index (χ4v) is 2.23. The van der Waals surface area contributed by atoms with E-state index < -0.39 is 0 Å². The summed E-state index contributed by atoms with van der Waals surface area (Å²) < 4.78 is 5.90. The molecule has 104 valence electrons. The highest BCUT2D eigenvalue weighted by Gasteiger charge is 2.20. The monoisotopic (exact) mass is 288 g/mol. The van der Waals surface area contributed by atoms with E-state index in [0.29, 0.717) is 6.04 Å². The lowest BCUT2D eigenvalue weighted by atomic mass is 10.2. The van der Waals surface area contributed by atoms with Crippen molar-refractivity contribution in [3.8, 4) is 11.5 Å². The van der Waals surface area contributed by atoms with E-state index >= 15 is 0 Å². The van der Waals surface area contributed by atoms with Crippen molar-refractivity contribution in [2.45, 2.75) is 32.4 Å². The smallest absolute Gasteiger partial charge is 0.130 e. The summed E-state index contributed by atoms with van der Waals surface area (Å²) in [6.45, 7) is 2.78. The maximum Gasteiger partial charge on any atom is 0.130 e. The second-order valence-electron chi connectivity index (χ2n) is 5.15. The number of halogens is 1. The maximum atomic E-state index is 5.95. The average molecular weight is 289 g/mol. The number of aromatic nitrogens is 1. The molecule has 3 nitrogen and oxygen atoms in total. The molecule has 20 heavy (non-hydrogen) atoms. The molecule has 0 bridgehead atoms. The molecule has 1 saturated carbocycles. The molecule has 1 fully saturated rings. The molecular formula is C16H17ClN2O. The average Bonchev–Trinajstić information content (AvgIpc) is 3.24. The van der Waals surface area contributed by atoms with E-state index in [1.165, 1.54) is 12.8 Å². The lowest BCUT2D eigenvalue weighted by molar-refractivity contribution is 0.476. The number of hydrogen-bond acceptors (Lipinski definition) is 3. The Labute approximate surface area is 123 Å². The molecule has 0 unspecified atom stereocenters. The minimum atomic E-state index is 0.680. The van der Waals surface area contributed by atoms with E-state index in [4.69, 9.17) is 16.3 Å². The van der Waals surface area contributed by atoms with Crippen LogP contribution < -0.4 is 10.1 Å². The first-order chi connectivity index (χ1) is 9.70. The molecule has 2 aromatic rings. The third-order valence-corrected chi connectivity index (χ3v) is 3.54. The molecule has 0 aliphatic heterocycles. The van der Waals surface area contributed by atoms with Crippen LogP contribution in [-0.2, 0) is 6.54 Å². The molecule has 1 aromatic carbocycles. The third kappa shape index (κ3) is 3.50. The van der Waals surface area contributed by atoms with E-state index in [1.54, 1.807) is 6.20 Å². The third-order valence-electron chi connectivity index (χ3n) is 3.30. The number of hydrogen-bond donors (Lipinski definition) is 1. The lowest BCUT2D eigenvalue weighted by Crippen LogP contribution is -2.16. The molecule has 4 heteroatoms. The molecule has 3 rings (SSSR count). The predicted octanol–water partition coefficient (Wildman–Crippen LogP) is 4.09. The van der Waals surface area contributed by atoms with Crippen molar-refractivity contribution in [1.29, 1.82) is 0 Å². The summed E-state index contributed by atoms with van der Waals surface area (Å²) in [5, 5.41) is 4.17. The zero-order valence-electron chi connectivity index (χ0n) is 11.4. The molecule has 0 saturated heterocycles. The Morgan fingerprint density at radius 3 is 2.90 bits per heavy atom. The van der Waals surface area contributed by atoms with Gasteiger partial charge in [0.15, 0.2) is 0 Å². The Balaban J connectivity index is 1.70. The minimum absolute atomic E-state index is 0.680. The number of pyridine rings is 1. The Morgan fingerprint density at radius 1 is 1.30 bits per heavy atom. The topological polar surface area (TPSA) is 34.1 Å². The van der Waals surface area contributed by atoms with E-state index in [0.717, 1.165) is 34.3 Å². The van der Waals surface area contributed by atoms with Gasteiger partial charge in [-0.3, -0.25) is 4.98 Å². The van der Waals surface area contributed by atoms with Crippen LogP contribution in [0.5, 0.6) is 11.5 Å². The van der Waals surface area contributed by atoms with E-state index in [9.17, 15) is 0 Å². The van der Waals surface area contributed by atoms with Gasteiger partial charge in [-0.2, -0.15) is 0 Å². The quantitative estimate of drug-likeness (QED) is 0.900. The summed E-state index contributed by atoms with van der Waals surface area (Å²) in [6.07, 6.45) is 4.34. The highest BCUT2D eigenvalue weighted by atomic mass is 35.5. The van der Waals surface area contributed by atoms with E-state index in [1.807, 2.05) is 37.3 Å². The molecule has 0 spiro atoms. The zero-order valence-corrected chi connectivity index (χ0v) is 12.2. The van der Waals surface area contributed by atoms with Gasteiger partial charge >= 0.3 is 0 Å². The van der Waals surface area contributed by atoms with Crippen molar-refractivity contribution in [2.24, 2.45) is 0 Å². The molecule has 1 N–H and O–H groups in total. The second kappa shape index (κ2) is 5.81. The predicted molar refractivity (Wildman–Crippen MR) is 80.4 cm³/mol. The van der Waals surface area contributed by atoms with Gasteiger partial charge in [0.05, 0.1) is 5.69 Å². The Hall–Kier alpha value is -1.58. The van der Waals surface area contributed by atoms with Crippen LogP contribution in [0.4, 0.5) is 0 Å². The minimum Gasteiger partial charge on any atom is -0.457 e. The Morgan fingerprint density at radius 2 is 2.15 bits per heavy atom. The summed E-state index contributed by atoms with van der Waals surface area (Å²) >= 11 is 5.95. The molecule has 1 aliphatic rings. The van der Waals surface area contributed by atoms with E-state index in [2.05, 4.69) is 10.3 Å². The van der Waals surface area contributed by atoms with Crippen LogP contribution >= 0.6 is 11.6 Å². The second-order valence-corrected chi connectivity index (χ2v) is 5.59. The van der Waals surface area contributed by atoms with Gasteiger partial charge < -0.3 is 10.1 Å². The number of nitrogens with zero attached hydrogens (tertiary/aromatic N) is 1. The number of ether oxygens (including phenoxy) is 1. The van der Waals surface area contributed by atoms with Gasteiger partial charge in [0, 0.05) is 29.9 Å². The first-order valence-corrected chi connectivity index (χ1v) is 7.21. The fraction of sp³-hybridized carbons (Fsp3) is 0.312. The summed E-state index contributed by atoms with van der Waals surface area (Å²) in [7, 11) is 0. The SMILES string of the molecule is Cc1cc(Cl)ccc1Oc1ccnc(CNC2CC2)c1. The van der Waals surface area contributed by atoms with Crippen molar-refractivity contribution in [3.63, 3.8) is 0 Å². The zero-order chi connectivity index (χ0) is 13.9. The van der Waals surface area contributed by atoms with Crippen molar-refractivity contribution in [3.05, 3.63) is 52.8 Å². The van der Waals surface area contributed by atoms with Crippen molar-refractivity contribution >= 4 is 11.6 Å². The Kier molecular flexibility index (Phi) is 3.90. The van der Waals surface area contributed by atoms with Crippen LogP contribution in [0.25, 0.3) is 0 Å². The van der Waals surface area contributed by atoms with Gasteiger partial charge in [-0.1, -0.05) is 11.6 Å². The summed E-state index contributed by atoms with van der Waals surface area (Å²) in [6, 6.07) is 10.1. The molecular weight excluding hydrogens is 272 g/mol. The lowest BCUT2D eigenvalue weighted by Gasteiger charge is -2.10. The summed E-state index contributed by atoms with van der Waals surface area (Å²) in [5.41, 5.74) is 2.02. The molecule has 0 amide bonds. The highest BCUT2D eigenvalue weighted by molar-refractivity contribution is 6.30. The number of nitrogens with one attached hydrogen (secondary N) is 1. The molecule has 1 heterocycles. The number of aryl methyl sites for hydroxylation is 1.